The van der Waals surface area contributed by atoms with E-state index in [4.69, 9.17) is 0 Å². The van der Waals surface area contributed by atoms with Crippen molar-refractivity contribution in [1.82, 2.24) is 0 Å². The molecule has 0 saturated carbocycles. The summed E-state index contributed by atoms with van der Waals surface area (Å²) in [7, 11) is 0. The van der Waals surface area contributed by atoms with E-state index in [0.29, 0.717) is 0 Å². The van der Waals surface area contributed by atoms with E-state index in [9.17, 15) is 0 Å². The first-order chi connectivity index (χ1) is 14.3. The Hall–Kier alpha value is -1.86. The van der Waals surface area contributed by atoms with Gasteiger partial charge in [-0.05, 0) is 29.9 Å². The van der Waals surface area contributed by atoms with Crippen molar-refractivity contribution in [2.45, 2.75) is 84.1 Å². The fourth-order valence-electron chi connectivity index (χ4n) is 4.12. The number of aryl methyl sites for hydroxylation is 1. The number of nitrogens with zero attached hydrogens (tertiary/aromatic N) is 1. The van der Waals surface area contributed by atoms with Crippen LogP contribution in [0, 0.1) is 0 Å². The Labute approximate surface area is 189 Å². The van der Waals surface area contributed by atoms with Crippen molar-refractivity contribution in [2.75, 3.05) is 0 Å². The Bertz CT molecular complexity index is 841. The SMILES string of the molecule is CCCCCCCCCCCCc1ccc(C[n+]2ccc3ccccc3c2)cc1.[Cl-]. The molecule has 0 amide bonds. The van der Waals surface area contributed by atoms with Gasteiger partial charge in [0.2, 0.25) is 0 Å². The molecule has 1 nitrogen and oxygen atoms in total. The molecular weight excluding hydrogens is 386 g/mol. The number of pyridine rings is 1. The molecule has 1 aromatic heterocycles. The summed E-state index contributed by atoms with van der Waals surface area (Å²) >= 11 is 0. The van der Waals surface area contributed by atoms with Crippen molar-refractivity contribution in [3.05, 3.63) is 78.1 Å². The zero-order valence-corrected chi connectivity index (χ0v) is 19.4. The summed E-state index contributed by atoms with van der Waals surface area (Å²) in [6.07, 6.45) is 19.7. The molecule has 0 radical (unpaired) electrons. The number of fused-ring (bicyclic) bond motifs is 1. The molecule has 3 aromatic rings. The van der Waals surface area contributed by atoms with Crippen LogP contribution in [-0.2, 0) is 13.0 Å². The highest BCUT2D eigenvalue weighted by molar-refractivity contribution is 5.80. The van der Waals surface area contributed by atoms with E-state index in [1.165, 1.54) is 92.5 Å². The number of aromatic nitrogens is 1. The third-order valence-corrected chi connectivity index (χ3v) is 5.95. The smallest absolute Gasteiger partial charge is 0.176 e. The van der Waals surface area contributed by atoms with Crippen molar-refractivity contribution in [2.24, 2.45) is 0 Å². The average molecular weight is 424 g/mol. The number of benzene rings is 2. The van der Waals surface area contributed by atoms with Crippen LogP contribution in [-0.4, -0.2) is 0 Å². The number of hydrogen-bond acceptors (Lipinski definition) is 0. The van der Waals surface area contributed by atoms with Crippen LogP contribution in [0.1, 0.15) is 82.3 Å². The molecule has 30 heavy (non-hydrogen) atoms. The minimum Gasteiger partial charge on any atom is -1.00 e. The summed E-state index contributed by atoms with van der Waals surface area (Å²) in [5, 5.41) is 2.60. The van der Waals surface area contributed by atoms with Crippen molar-refractivity contribution in [3.8, 4) is 0 Å². The summed E-state index contributed by atoms with van der Waals surface area (Å²) in [4.78, 5) is 0. The lowest BCUT2D eigenvalue weighted by Crippen LogP contribution is -3.00. The molecule has 2 aromatic carbocycles. The zero-order chi connectivity index (χ0) is 20.2. The van der Waals surface area contributed by atoms with Gasteiger partial charge in [-0.1, -0.05) is 107 Å². The summed E-state index contributed by atoms with van der Waals surface area (Å²) < 4.78 is 2.28. The molecule has 162 valence electrons. The molecule has 0 unspecified atom stereocenters. The summed E-state index contributed by atoms with van der Waals surface area (Å²) in [5.41, 5.74) is 2.86. The normalized spacial score (nSPS) is 10.8. The first kappa shape index (κ1) is 24.4. The topological polar surface area (TPSA) is 3.88 Å². The van der Waals surface area contributed by atoms with Crippen molar-refractivity contribution >= 4 is 10.8 Å². The lowest BCUT2D eigenvalue weighted by Gasteiger charge is -2.04. The van der Waals surface area contributed by atoms with Gasteiger partial charge < -0.3 is 12.4 Å². The monoisotopic (exact) mass is 423 g/mol. The Morgan fingerprint density at radius 2 is 1.17 bits per heavy atom. The Morgan fingerprint density at radius 1 is 0.600 bits per heavy atom. The highest BCUT2D eigenvalue weighted by atomic mass is 35.5. The first-order valence-electron chi connectivity index (χ1n) is 11.8. The Morgan fingerprint density at radius 3 is 1.83 bits per heavy atom. The molecule has 0 aliphatic heterocycles. The second kappa shape index (κ2) is 14.2. The van der Waals surface area contributed by atoms with Gasteiger partial charge in [0, 0.05) is 17.0 Å². The first-order valence-corrected chi connectivity index (χ1v) is 11.8. The van der Waals surface area contributed by atoms with Crippen LogP contribution in [0.5, 0.6) is 0 Å². The molecule has 2 heteroatoms. The second-order valence-electron chi connectivity index (χ2n) is 8.49. The number of rotatable bonds is 13. The molecule has 3 rings (SSSR count). The molecule has 0 N–H and O–H groups in total. The van der Waals surface area contributed by atoms with Gasteiger partial charge in [0.15, 0.2) is 18.9 Å². The summed E-state index contributed by atoms with van der Waals surface area (Å²) in [5.74, 6) is 0. The van der Waals surface area contributed by atoms with Gasteiger partial charge in [0.05, 0.1) is 0 Å². The maximum absolute atomic E-state index is 2.32. The second-order valence-corrected chi connectivity index (χ2v) is 8.49. The Kier molecular flexibility index (Phi) is 11.6. The summed E-state index contributed by atoms with van der Waals surface area (Å²) in [6.45, 7) is 3.22. The zero-order valence-electron chi connectivity index (χ0n) is 18.7. The highest BCUT2D eigenvalue weighted by Gasteiger charge is 2.05. The van der Waals surface area contributed by atoms with E-state index in [0.717, 1.165) is 6.54 Å². The molecular formula is C28H38ClN. The maximum Gasteiger partial charge on any atom is 0.176 e. The van der Waals surface area contributed by atoms with Gasteiger partial charge in [0.25, 0.3) is 0 Å². The quantitative estimate of drug-likeness (QED) is 0.278. The fraction of sp³-hybridized carbons (Fsp3) is 0.464. The fourth-order valence-corrected chi connectivity index (χ4v) is 4.12. The minimum atomic E-state index is 0. The molecule has 0 atom stereocenters. The van der Waals surface area contributed by atoms with Crippen molar-refractivity contribution in [3.63, 3.8) is 0 Å². The average Bonchev–Trinajstić information content (AvgIpc) is 2.76. The van der Waals surface area contributed by atoms with Crippen molar-refractivity contribution < 1.29 is 17.0 Å². The predicted molar refractivity (Wildman–Crippen MR) is 125 cm³/mol. The van der Waals surface area contributed by atoms with E-state index in [-0.39, 0.29) is 12.4 Å². The minimum absolute atomic E-state index is 0. The van der Waals surface area contributed by atoms with Crippen LogP contribution >= 0.6 is 0 Å². The van der Waals surface area contributed by atoms with Crippen LogP contribution in [0.4, 0.5) is 0 Å². The third-order valence-electron chi connectivity index (χ3n) is 5.95. The van der Waals surface area contributed by atoms with E-state index >= 15 is 0 Å². The molecule has 0 aliphatic rings. The molecule has 0 saturated heterocycles. The third kappa shape index (κ3) is 8.48. The number of unbranched alkanes of at least 4 members (excludes halogenated alkanes) is 9. The molecule has 0 bridgehead atoms. The van der Waals surface area contributed by atoms with Gasteiger partial charge in [-0.2, -0.15) is 0 Å². The largest absolute Gasteiger partial charge is 1.00 e. The molecule has 1 heterocycles. The van der Waals surface area contributed by atoms with Crippen LogP contribution in [0.3, 0.4) is 0 Å². The van der Waals surface area contributed by atoms with Crippen LogP contribution in [0.15, 0.2) is 67.0 Å². The number of halogens is 1. The van der Waals surface area contributed by atoms with Gasteiger partial charge in [0.1, 0.15) is 0 Å². The van der Waals surface area contributed by atoms with E-state index in [1.54, 1.807) is 0 Å². The van der Waals surface area contributed by atoms with Gasteiger partial charge in [-0.25, -0.2) is 4.57 Å². The number of hydrogen-bond donors (Lipinski definition) is 0. The highest BCUT2D eigenvalue weighted by Crippen LogP contribution is 2.14. The lowest BCUT2D eigenvalue weighted by atomic mass is 10.0. The standard InChI is InChI=1S/C28H38N.ClH/c1-2-3-4-5-6-7-8-9-10-11-14-25-17-19-26(20-18-25)23-29-22-21-27-15-12-13-16-28(27)24-29;/h12-13,15-22,24H,2-11,14,23H2,1H3;1H/q+1;/p-1. The van der Waals surface area contributed by atoms with Crippen LogP contribution in [0.2, 0.25) is 0 Å². The van der Waals surface area contributed by atoms with Gasteiger partial charge >= 0.3 is 0 Å². The van der Waals surface area contributed by atoms with Crippen molar-refractivity contribution in [1.29, 1.82) is 0 Å². The molecule has 0 aliphatic carbocycles. The Balaban J connectivity index is 0.00000320. The van der Waals surface area contributed by atoms with Gasteiger partial charge in [-0.3, -0.25) is 0 Å². The van der Waals surface area contributed by atoms with Crippen LogP contribution in [0.25, 0.3) is 10.8 Å². The molecule has 0 spiro atoms. The van der Waals surface area contributed by atoms with Gasteiger partial charge in [-0.15, -0.1) is 0 Å². The lowest BCUT2D eigenvalue weighted by molar-refractivity contribution is -0.687. The summed E-state index contributed by atoms with van der Waals surface area (Å²) in [6, 6.07) is 20.0. The predicted octanol–water partition coefficient (Wildman–Crippen LogP) is 4.64. The van der Waals surface area contributed by atoms with E-state index in [2.05, 4.69) is 78.5 Å². The van der Waals surface area contributed by atoms with E-state index < -0.39 is 0 Å². The van der Waals surface area contributed by atoms with E-state index in [1.807, 2.05) is 0 Å². The maximum atomic E-state index is 2.32. The van der Waals surface area contributed by atoms with Crippen LogP contribution < -0.4 is 17.0 Å². The molecule has 0 fully saturated rings.